The van der Waals surface area contributed by atoms with E-state index in [0.29, 0.717) is 0 Å². The van der Waals surface area contributed by atoms with Crippen LogP contribution in [0.2, 0.25) is 0 Å². The van der Waals surface area contributed by atoms with Crippen LogP contribution in [-0.2, 0) is 14.4 Å². The minimum Gasteiger partial charge on any atom is -1.00 e. The van der Waals surface area contributed by atoms with Gasteiger partial charge in [0, 0.05) is 11.6 Å². The predicted octanol–water partition coefficient (Wildman–Crippen LogP) is 4.65. The fourth-order valence-corrected chi connectivity index (χ4v) is 5.31. The maximum atomic E-state index is 10.9. The number of hydrogen-bond acceptors (Lipinski definition) is 7. The molecule has 0 saturated heterocycles. The summed E-state index contributed by atoms with van der Waals surface area (Å²) in [4.78, 5) is 4.92. The molecule has 1 saturated carbocycles. The fraction of sp³-hybridized carbons (Fsp3) is 0.297. The van der Waals surface area contributed by atoms with Crippen molar-refractivity contribution in [3.8, 4) is 11.5 Å². The quantitative estimate of drug-likeness (QED) is 0.157. The molecule has 244 valence electrons. The minimum absolute atomic E-state index is 0. The van der Waals surface area contributed by atoms with Gasteiger partial charge in [0.1, 0.15) is 11.5 Å². The second-order valence-electron chi connectivity index (χ2n) is 11.0. The van der Waals surface area contributed by atoms with Crippen LogP contribution in [0.3, 0.4) is 0 Å². The standard InChI is InChI=1S/C18H19NO.C12H15NO4S.C7H7.BrH.Mg/c1-13-5-3-4-6-16(13)18-12-11-17(19-18)14-7-9-15(20-2)10-8-14;1-16-10-5-3-9(4-6-10)11-7-8-12(11)13-17-18(2,14)15;1-7-5-3-2-4-6-7;;/h3-10,17H,11-12H2,1-2H3;3-6,11H,7-8H2,1-2H3;2-5H,1H3;1H;/q;;-1;;+2/p-1/b;13-12-;;;. The molecular weight excluding hydrogens is 689 g/mol. The van der Waals surface area contributed by atoms with Crippen molar-refractivity contribution in [1.29, 1.82) is 0 Å². The summed E-state index contributed by atoms with van der Waals surface area (Å²) in [7, 11) is -0.209. The van der Waals surface area contributed by atoms with Gasteiger partial charge in [-0.3, -0.25) is 9.28 Å². The molecule has 0 spiro atoms. The molecule has 2 unspecified atom stereocenters. The molecule has 1 aliphatic carbocycles. The van der Waals surface area contributed by atoms with Crippen LogP contribution in [-0.4, -0.2) is 63.4 Å². The maximum Gasteiger partial charge on any atom is 2.00 e. The number of halogens is 1. The van der Waals surface area contributed by atoms with Gasteiger partial charge in [-0.2, -0.15) is 44.3 Å². The smallest absolute Gasteiger partial charge is 1.00 e. The Morgan fingerprint density at radius 1 is 0.787 bits per heavy atom. The van der Waals surface area contributed by atoms with Gasteiger partial charge < -0.3 is 26.5 Å². The van der Waals surface area contributed by atoms with E-state index >= 15 is 0 Å². The average Bonchev–Trinajstić information content (AvgIpc) is 3.52. The predicted molar refractivity (Wildman–Crippen MR) is 187 cm³/mol. The van der Waals surface area contributed by atoms with Gasteiger partial charge in [-0.1, -0.05) is 60.6 Å². The van der Waals surface area contributed by atoms with Crippen LogP contribution in [0.25, 0.3) is 0 Å². The molecule has 10 heteroatoms. The van der Waals surface area contributed by atoms with Crippen molar-refractivity contribution < 1.29 is 39.2 Å². The monoisotopic (exact) mass is 728 g/mol. The van der Waals surface area contributed by atoms with Crippen LogP contribution in [0.1, 0.15) is 65.5 Å². The average molecular weight is 730 g/mol. The van der Waals surface area contributed by atoms with E-state index < -0.39 is 10.1 Å². The summed E-state index contributed by atoms with van der Waals surface area (Å²) in [5, 5.41) is 3.70. The Bertz CT molecular complexity index is 1700. The Kier molecular flexibility index (Phi) is 16.7. The van der Waals surface area contributed by atoms with Crippen molar-refractivity contribution in [2.75, 3.05) is 20.5 Å². The molecule has 0 amide bonds. The van der Waals surface area contributed by atoms with Gasteiger partial charge in [-0.25, -0.2) is 0 Å². The van der Waals surface area contributed by atoms with Crippen LogP contribution >= 0.6 is 0 Å². The fourth-order valence-electron chi connectivity index (χ4n) is 5.08. The number of benzene rings is 4. The summed E-state index contributed by atoms with van der Waals surface area (Å²) in [6.07, 6.45) is 4.86. The second kappa shape index (κ2) is 19.6. The van der Waals surface area contributed by atoms with Gasteiger partial charge >= 0.3 is 33.2 Å². The number of methoxy groups -OCH3 is 2. The Balaban J connectivity index is 0.000000263. The minimum atomic E-state index is -3.52. The third-order valence-corrected chi connectivity index (χ3v) is 8.03. The summed E-state index contributed by atoms with van der Waals surface area (Å²) >= 11 is 0. The Morgan fingerprint density at radius 3 is 1.85 bits per heavy atom. The van der Waals surface area contributed by atoms with Crippen LogP contribution < -0.4 is 26.5 Å². The first-order valence-corrected chi connectivity index (χ1v) is 16.8. The number of hydrogen-bond donors (Lipinski definition) is 0. The third kappa shape index (κ3) is 12.4. The van der Waals surface area contributed by atoms with Gasteiger partial charge in [-0.15, -0.1) is 0 Å². The Labute approximate surface area is 306 Å². The zero-order valence-electron chi connectivity index (χ0n) is 27.6. The molecule has 0 bridgehead atoms. The zero-order chi connectivity index (χ0) is 32.2. The van der Waals surface area contributed by atoms with Crippen molar-refractivity contribution >= 4 is 44.6 Å². The first-order valence-electron chi connectivity index (χ1n) is 15.0. The number of aliphatic imine (C=N–C) groups is 1. The van der Waals surface area contributed by atoms with Crippen LogP contribution in [0, 0.1) is 19.9 Å². The largest absolute Gasteiger partial charge is 2.00 e. The molecule has 1 heterocycles. The molecular formula is C37H41BrMgN2O5S. The molecule has 2 aliphatic rings. The molecule has 4 aromatic rings. The van der Waals surface area contributed by atoms with Crippen LogP contribution in [0.5, 0.6) is 11.5 Å². The van der Waals surface area contributed by atoms with E-state index in [9.17, 15) is 8.42 Å². The van der Waals surface area contributed by atoms with Gasteiger partial charge in [0.2, 0.25) is 0 Å². The number of ether oxygens (including phenoxy) is 2. The molecule has 7 nitrogen and oxygen atoms in total. The summed E-state index contributed by atoms with van der Waals surface area (Å²) in [5.41, 5.74) is 8.18. The topological polar surface area (TPSA) is 86.6 Å². The van der Waals surface area contributed by atoms with Gasteiger partial charge in [0.05, 0.1) is 32.2 Å². The summed E-state index contributed by atoms with van der Waals surface area (Å²) in [6.45, 7) is 4.18. The Hall–Kier alpha value is -3.18. The molecule has 1 fully saturated rings. The maximum absolute atomic E-state index is 10.9. The molecule has 6 rings (SSSR count). The van der Waals surface area contributed by atoms with Crippen LogP contribution in [0.15, 0.2) is 107 Å². The molecule has 0 radical (unpaired) electrons. The van der Waals surface area contributed by atoms with Crippen molar-refractivity contribution in [2.45, 2.75) is 51.5 Å². The second-order valence-corrected chi connectivity index (χ2v) is 12.5. The van der Waals surface area contributed by atoms with Crippen molar-refractivity contribution in [1.82, 2.24) is 0 Å². The van der Waals surface area contributed by atoms with Gasteiger partial charge in [0.25, 0.3) is 0 Å². The van der Waals surface area contributed by atoms with Gasteiger partial charge in [-0.05, 0) is 79.1 Å². The number of aryl methyl sites for hydroxylation is 2. The summed E-state index contributed by atoms with van der Waals surface area (Å²) < 4.78 is 36.5. The number of nitrogens with zero attached hydrogens (tertiary/aromatic N) is 2. The van der Waals surface area contributed by atoms with E-state index in [1.807, 2.05) is 67.6 Å². The van der Waals surface area contributed by atoms with Crippen molar-refractivity contribution in [3.05, 3.63) is 131 Å². The molecule has 0 N–H and O–H groups in total. The van der Waals surface area contributed by atoms with Gasteiger partial charge in [0.15, 0.2) is 0 Å². The van der Waals surface area contributed by atoms with Crippen LogP contribution in [0.4, 0.5) is 0 Å². The van der Waals surface area contributed by atoms with E-state index in [1.165, 1.54) is 28.0 Å². The first-order chi connectivity index (χ1) is 21.7. The zero-order valence-corrected chi connectivity index (χ0v) is 31.5. The molecule has 2 atom stereocenters. The number of oxime groups is 1. The third-order valence-electron chi connectivity index (χ3n) is 7.69. The molecule has 47 heavy (non-hydrogen) atoms. The van der Waals surface area contributed by atoms with E-state index in [2.05, 4.69) is 58.8 Å². The SMILES string of the molecule is COc1ccc(C2CC/C2=N/OS(C)(=O)=O)cc1.COc1ccc(C2CCC(c3ccccc3C)=N2)cc1.Cc1[c-]cccc1.[Br-].[Mg+2]. The number of rotatable bonds is 7. The normalized spacial score (nSPS) is 17.1. The summed E-state index contributed by atoms with van der Waals surface area (Å²) in [5.74, 6) is 1.84. The molecule has 4 aromatic carbocycles. The molecule has 0 aromatic heterocycles. The Morgan fingerprint density at radius 2 is 1.38 bits per heavy atom. The van der Waals surface area contributed by atoms with E-state index in [4.69, 9.17) is 14.5 Å². The van der Waals surface area contributed by atoms with Crippen molar-refractivity contribution in [3.63, 3.8) is 0 Å². The van der Waals surface area contributed by atoms with Crippen molar-refractivity contribution in [2.24, 2.45) is 10.1 Å². The first kappa shape index (κ1) is 40.0. The van der Waals surface area contributed by atoms with E-state index in [0.717, 1.165) is 54.7 Å². The van der Waals surface area contributed by atoms with E-state index in [-0.39, 0.29) is 52.0 Å². The summed E-state index contributed by atoms with van der Waals surface area (Å²) in [6, 6.07) is 35.6. The van der Waals surface area contributed by atoms with E-state index in [1.54, 1.807) is 14.2 Å². The molecule has 1 aliphatic heterocycles.